The zero-order valence-electron chi connectivity index (χ0n) is 10.8. The highest BCUT2D eigenvalue weighted by atomic mass is 19.1. The summed E-state index contributed by atoms with van der Waals surface area (Å²) in [5, 5.41) is 3.17. The van der Waals surface area contributed by atoms with Crippen LogP contribution >= 0.6 is 0 Å². The number of hydrogen-bond acceptors (Lipinski definition) is 3. The fraction of sp³-hybridized carbons (Fsp3) is 0.500. The van der Waals surface area contributed by atoms with Crippen molar-refractivity contribution in [2.45, 2.75) is 19.4 Å². The van der Waals surface area contributed by atoms with Gasteiger partial charge >= 0.3 is 0 Å². The van der Waals surface area contributed by atoms with E-state index in [4.69, 9.17) is 4.74 Å². The van der Waals surface area contributed by atoms with Gasteiger partial charge in [0.2, 0.25) is 0 Å². The van der Waals surface area contributed by atoms with E-state index in [0.717, 1.165) is 24.7 Å². The van der Waals surface area contributed by atoms with Crippen LogP contribution in [0.3, 0.4) is 0 Å². The van der Waals surface area contributed by atoms with Crippen LogP contribution in [0.5, 0.6) is 0 Å². The summed E-state index contributed by atoms with van der Waals surface area (Å²) in [6.45, 7) is 3.52. The van der Waals surface area contributed by atoms with E-state index < -0.39 is 11.6 Å². The standard InChI is InChI=1S/C14H17F2NO2/c1-2-17-13-8-19-7-11(13)14(18)6-9-5-10(15)3-4-12(9)16/h3-5,11,13,17H,2,6-8H2,1H3. The van der Waals surface area contributed by atoms with Gasteiger partial charge in [-0.3, -0.25) is 4.79 Å². The van der Waals surface area contributed by atoms with Crippen LogP contribution in [0.4, 0.5) is 8.78 Å². The molecule has 3 nitrogen and oxygen atoms in total. The minimum absolute atomic E-state index is 0.0332. The molecule has 0 aromatic heterocycles. The number of Topliss-reactive ketones (excluding diaryl/α,β-unsaturated/α-hetero) is 1. The first kappa shape index (κ1) is 14.1. The first-order valence-corrected chi connectivity index (χ1v) is 6.39. The van der Waals surface area contributed by atoms with E-state index in [1.54, 1.807) is 0 Å². The molecule has 0 saturated carbocycles. The molecular formula is C14H17F2NO2. The third-order valence-corrected chi connectivity index (χ3v) is 3.33. The highest BCUT2D eigenvalue weighted by Crippen LogP contribution is 2.19. The molecule has 2 rings (SSSR count). The quantitative estimate of drug-likeness (QED) is 0.884. The number of nitrogens with one attached hydrogen (secondary N) is 1. The Morgan fingerprint density at radius 3 is 2.95 bits per heavy atom. The number of ketones is 1. The van der Waals surface area contributed by atoms with E-state index in [9.17, 15) is 13.6 Å². The molecule has 1 aromatic carbocycles. The Morgan fingerprint density at radius 1 is 1.42 bits per heavy atom. The van der Waals surface area contributed by atoms with Gasteiger partial charge in [0.25, 0.3) is 0 Å². The van der Waals surface area contributed by atoms with Crippen molar-refractivity contribution in [2.75, 3.05) is 19.8 Å². The van der Waals surface area contributed by atoms with E-state index in [1.165, 1.54) is 0 Å². The Kier molecular flexibility index (Phi) is 4.61. The van der Waals surface area contributed by atoms with Crippen LogP contribution in [-0.2, 0) is 16.0 Å². The summed E-state index contributed by atoms with van der Waals surface area (Å²) >= 11 is 0. The van der Waals surface area contributed by atoms with Gasteiger partial charge in [0.05, 0.1) is 19.1 Å². The fourth-order valence-electron chi connectivity index (χ4n) is 2.33. The number of carbonyl (C=O) groups is 1. The minimum Gasteiger partial charge on any atom is -0.379 e. The molecule has 1 heterocycles. The van der Waals surface area contributed by atoms with Crippen molar-refractivity contribution in [1.29, 1.82) is 0 Å². The summed E-state index contributed by atoms with van der Waals surface area (Å²) in [6.07, 6.45) is -0.0977. The van der Waals surface area contributed by atoms with E-state index >= 15 is 0 Å². The van der Waals surface area contributed by atoms with Gasteiger partial charge in [-0.05, 0) is 30.3 Å². The Balaban J connectivity index is 2.06. The smallest absolute Gasteiger partial charge is 0.144 e. The van der Waals surface area contributed by atoms with Crippen LogP contribution in [0.15, 0.2) is 18.2 Å². The second-order valence-corrected chi connectivity index (χ2v) is 4.69. The van der Waals surface area contributed by atoms with Crippen molar-refractivity contribution < 1.29 is 18.3 Å². The van der Waals surface area contributed by atoms with Crippen LogP contribution in [0.2, 0.25) is 0 Å². The molecule has 0 aliphatic carbocycles. The van der Waals surface area contributed by atoms with Crippen molar-refractivity contribution in [3.63, 3.8) is 0 Å². The molecule has 2 atom stereocenters. The predicted octanol–water partition coefficient (Wildman–Crippen LogP) is 1.70. The lowest BCUT2D eigenvalue weighted by atomic mass is 9.93. The molecule has 1 fully saturated rings. The number of carbonyl (C=O) groups excluding carboxylic acids is 1. The molecule has 1 aromatic rings. The Morgan fingerprint density at radius 2 is 2.21 bits per heavy atom. The lowest BCUT2D eigenvalue weighted by Gasteiger charge is -2.17. The lowest BCUT2D eigenvalue weighted by molar-refractivity contribution is -0.122. The summed E-state index contributed by atoms with van der Waals surface area (Å²) in [5.74, 6) is -1.49. The Bertz CT molecular complexity index is 465. The zero-order chi connectivity index (χ0) is 13.8. The average Bonchev–Trinajstić information content (AvgIpc) is 2.82. The second-order valence-electron chi connectivity index (χ2n) is 4.69. The number of benzene rings is 1. The maximum absolute atomic E-state index is 13.5. The van der Waals surface area contributed by atoms with Crippen molar-refractivity contribution in [1.82, 2.24) is 5.32 Å². The molecule has 0 radical (unpaired) electrons. The molecule has 19 heavy (non-hydrogen) atoms. The highest BCUT2D eigenvalue weighted by molar-refractivity contribution is 5.84. The maximum atomic E-state index is 13.5. The average molecular weight is 269 g/mol. The molecule has 0 bridgehead atoms. The first-order valence-electron chi connectivity index (χ1n) is 6.39. The number of rotatable bonds is 5. The van der Waals surface area contributed by atoms with Crippen LogP contribution < -0.4 is 5.32 Å². The van der Waals surface area contributed by atoms with Crippen molar-refractivity contribution in [2.24, 2.45) is 5.92 Å². The topological polar surface area (TPSA) is 38.3 Å². The molecule has 1 N–H and O–H groups in total. The Labute approximate surface area is 111 Å². The van der Waals surface area contributed by atoms with Crippen molar-refractivity contribution in [3.8, 4) is 0 Å². The van der Waals surface area contributed by atoms with Gasteiger partial charge in [-0.1, -0.05) is 6.92 Å². The molecule has 5 heteroatoms. The maximum Gasteiger partial charge on any atom is 0.144 e. The molecular weight excluding hydrogens is 252 g/mol. The number of ether oxygens (including phenoxy) is 1. The fourth-order valence-corrected chi connectivity index (χ4v) is 2.33. The molecule has 104 valence electrons. The summed E-state index contributed by atoms with van der Waals surface area (Å²) in [6, 6.07) is 3.13. The minimum atomic E-state index is -0.548. The van der Waals surface area contributed by atoms with Crippen molar-refractivity contribution in [3.05, 3.63) is 35.4 Å². The molecule has 1 aliphatic rings. The number of likely N-dealkylation sites (N-methyl/N-ethyl adjacent to an activating group) is 1. The van der Waals surface area contributed by atoms with Gasteiger partial charge in [0.15, 0.2) is 0 Å². The zero-order valence-corrected chi connectivity index (χ0v) is 10.8. The lowest BCUT2D eigenvalue weighted by Crippen LogP contribution is -2.39. The highest BCUT2D eigenvalue weighted by Gasteiger charge is 2.33. The van der Waals surface area contributed by atoms with E-state index in [0.29, 0.717) is 13.2 Å². The van der Waals surface area contributed by atoms with Crippen LogP contribution in [0.25, 0.3) is 0 Å². The largest absolute Gasteiger partial charge is 0.379 e. The first-order chi connectivity index (χ1) is 9.11. The predicted molar refractivity (Wildman–Crippen MR) is 66.8 cm³/mol. The summed E-state index contributed by atoms with van der Waals surface area (Å²) in [4.78, 5) is 12.2. The summed E-state index contributed by atoms with van der Waals surface area (Å²) in [5.41, 5.74) is 0.104. The van der Waals surface area contributed by atoms with Gasteiger partial charge < -0.3 is 10.1 Å². The molecule has 0 amide bonds. The van der Waals surface area contributed by atoms with Gasteiger partial charge in [-0.25, -0.2) is 8.78 Å². The monoisotopic (exact) mass is 269 g/mol. The van der Waals surface area contributed by atoms with Crippen LogP contribution in [0, 0.1) is 17.6 Å². The van der Waals surface area contributed by atoms with E-state index in [2.05, 4.69) is 5.32 Å². The number of halogens is 2. The van der Waals surface area contributed by atoms with Gasteiger partial charge in [-0.15, -0.1) is 0 Å². The number of hydrogen-bond donors (Lipinski definition) is 1. The molecule has 1 saturated heterocycles. The molecule has 0 spiro atoms. The van der Waals surface area contributed by atoms with Gasteiger partial charge in [0, 0.05) is 12.5 Å². The van der Waals surface area contributed by atoms with E-state index in [1.807, 2.05) is 6.92 Å². The van der Waals surface area contributed by atoms with Gasteiger partial charge in [-0.2, -0.15) is 0 Å². The van der Waals surface area contributed by atoms with Crippen LogP contribution in [0.1, 0.15) is 12.5 Å². The van der Waals surface area contributed by atoms with Gasteiger partial charge in [0.1, 0.15) is 17.4 Å². The third-order valence-electron chi connectivity index (χ3n) is 3.33. The SMILES string of the molecule is CCNC1COCC1C(=O)Cc1cc(F)ccc1F. The summed E-state index contributed by atoms with van der Waals surface area (Å²) in [7, 11) is 0. The van der Waals surface area contributed by atoms with Crippen molar-refractivity contribution >= 4 is 5.78 Å². The summed E-state index contributed by atoms with van der Waals surface area (Å²) < 4.78 is 31.8. The molecule has 2 unspecified atom stereocenters. The molecule has 1 aliphatic heterocycles. The third kappa shape index (κ3) is 3.36. The second kappa shape index (κ2) is 6.21. The normalized spacial score (nSPS) is 22.7. The Hall–Kier alpha value is -1.33. The van der Waals surface area contributed by atoms with E-state index in [-0.39, 0.29) is 29.7 Å². The van der Waals surface area contributed by atoms with Crippen LogP contribution in [-0.4, -0.2) is 31.6 Å².